The first-order valence-corrected chi connectivity index (χ1v) is 18.9. The molecule has 1 aromatic heterocycles. The van der Waals surface area contributed by atoms with Gasteiger partial charge in [0.15, 0.2) is 0 Å². The van der Waals surface area contributed by atoms with Crippen LogP contribution in [-0.2, 0) is 47.0 Å². The maximum absolute atomic E-state index is 13.1. The number of para-hydroxylation sites is 1. The number of imide groups is 1. The smallest absolute Gasteiger partial charge is 0.407 e. The first-order valence-electron chi connectivity index (χ1n) is 18.9. The molecule has 2 unspecified atom stereocenters. The Bertz CT molecular complexity index is 2020. The van der Waals surface area contributed by atoms with Crippen LogP contribution < -0.4 is 22.1 Å². The minimum absolute atomic E-state index is 0.110. The van der Waals surface area contributed by atoms with E-state index in [2.05, 4.69) is 34.3 Å². The van der Waals surface area contributed by atoms with Gasteiger partial charge in [0.25, 0.3) is 0 Å². The third-order valence-electron chi connectivity index (χ3n) is 8.94. The molecule has 300 valence electrons. The fourth-order valence-corrected chi connectivity index (χ4v) is 6.08. The van der Waals surface area contributed by atoms with E-state index in [0.717, 1.165) is 30.4 Å². The summed E-state index contributed by atoms with van der Waals surface area (Å²) in [5.74, 6) is 11.0. The summed E-state index contributed by atoms with van der Waals surface area (Å²) in [4.78, 5) is 60.8. The van der Waals surface area contributed by atoms with Crippen LogP contribution >= 0.6 is 0 Å². The van der Waals surface area contributed by atoms with Crippen LogP contribution in [-0.4, -0.2) is 77.1 Å². The summed E-state index contributed by atoms with van der Waals surface area (Å²) >= 11 is 0. The van der Waals surface area contributed by atoms with Crippen LogP contribution in [0.15, 0.2) is 47.3 Å². The number of benzene rings is 2. The summed E-state index contributed by atoms with van der Waals surface area (Å²) < 4.78 is 25.7. The molecule has 0 saturated carbocycles. The summed E-state index contributed by atoms with van der Waals surface area (Å²) in [5.41, 5.74) is 8.01. The molecular formula is C42H53N5O9. The number of nitrogens with one attached hydrogen (secondary N) is 2. The number of nitrogens with two attached hydrogens (primary N) is 1. The molecule has 2 aromatic carbocycles. The van der Waals surface area contributed by atoms with Crippen molar-refractivity contribution in [2.75, 3.05) is 26.4 Å². The Morgan fingerprint density at radius 3 is 2.30 bits per heavy atom. The molecule has 56 heavy (non-hydrogen) atoms. The highest BCUT2D eigenvalue weighted by atomic mass is 16.6. The largest absolute Gasteiger partial charge is 0.444 e. The second-order valence-corrected chi connectivity index (χ2v) is 14.6. The molecular weight excluding hydrogens is 718 g/mol. The maximum Gasteiger partial charge on any atom is 0.407 e. The number of nitrogens with zero attached hydrogens (tertiary/aromatic N) is 2. The van der Waals surface area contributed by atoms with Gasteiger partial charge >= 0.3 is 11.8 Å². The molecule has 3 atom stereocenters. The van der Waals surface area contributed by atoms with Gasteiger partial charge in [0, 0.05) is 38.7 Å². The first-order chi connectivity index (χ1) is 26.7. The zero-order valence-electron chi connectivity index (χ0n) is 32.9. The molecule has 0 spiro atoms. The van der Waals surface area contributed by atoms with E-state index in [-0.39, 0.29) is 37.5 Å². The number of carbonyl (C=O) groups is 4. The summed E-state index contributed by atoms with van der Waals surface area (Å²) in [6.45, 7) is 9.19. The number of hydrogen-bond donors (Lipinski definition) is 3. The average molecular weight is 772 g/mol. The van der Waals surface area contributed by atoms with Gasteiger partial charge in [-0.1, -0.05) is 41.9 Å². The van der Waals surface area contributed by atoms with Crippen LogP contribution in [0.25, 0.3) is 11.0 Å². The fraction of sp³-hybridized carbons (Fsp3) is 0.500. The van der Waals surface area contributed by atoms with Gasteiger partial charge in [-0.05, 0) is 89.6 Å². The molecule has 1 saturated heterocycles. The van der Waals surface area contributed by atoms with Crippen molar-refractivity contribution in [2.24, 2.45) is 12.8 Å². The van der Waals surface area contributed by atoms with Crippen molar-refractivity contribution in [3.63, 3.8) is 0 Å². The number of fused-ring (bicyclic) bond motifs is 1. The monoisotopic (exact) mass is 771 g/mol. The van der Waals surface area contributed by atoms with Gasteiger partial charge in [-0.3, -0.25) is 28.8 Å². The number of unbranched alkanes of at least 4 members (excludes halogenated alkanes) is 2. The van der Waals surface area contributed by atoms with Gasteiger partial charge in [-0.15, -0.1) is 0 Å². The zero-order chi connectivity index (χ0) is 40.7. The van der Waals surface area contributed by atoms with Crippen molar-refractivity contribution < 1.29 is 38.1 Å². The summed E-state index contributed by atoms with van der Waals surface area (Å²) in [6, 6.07) is 11.9. The third kappa shape index (κ3) is 13.4. The molecule has 1 aliphatic heterocycles. The van der Waals surface area contributed by atoms with E-state index in [1.807, 2.05) is 37.3 Å². The highest BCUT2D eigenvalue weighted by Crippen LogP contribution is 2.24. The van der Waals surface area contributed by atoms with Crippen LogP contribution in [0, 0.1) is 23.7 Å². The van der Waals surface area contributed by atoms with Crippen LogP contribution in [0.4, 0.5) is 4.79 Å². The number of hydrogen-bond acceptors (Lipinski definition) is 9. The van der Waals surface area contributed by atoms with Gasteiger partial charge in [0.1, 0.15) is 24.9 Å². The van der Waals surface area contributed by atoms with Crippen molar-refractivity contribution in [3.8, 4) is 23.7 Å². The number of piperidine rings is 1. The molecule has 4 rings (SSSR count). The highest BCUT2D eigenvalue weighted by Gasteiger charge is 2.31. The molecule has 2 heterocycles. The predicted octanol–water partition coefficient (Wildman–Crippen LogP) is 3.99. The van der Waals surface area contributed by atoms with E-state index in [1.54, 1.807) is 40.0 Å². The number of alkyl carbamates (subject to hydrolysis) is 1. The topological polar surface area (TPSA) is 182 Å². The Morgan fingerprint density at radius 2 is 1.66 bits per heavy atom. The number of aryl methyl sites for hydroxylation is 1. The zero-order valence-corrected chi connectivity index (χ0v) is 32.9. The quantitative estimate of drug-likeness (QED) is 0.104. The summed E-state index contributed by atoms with van der Waals surface area (Å²) in [7, 11) is 1.65. The molecule has 4 amide bonds. The highest BCUT2D eigenvalue weighted by molar-refractivity contribution is 6.00. The van der Waals surface area contributed by atoms with E-state index < -0.39 is 41.7 Å². The lowest BCUT2D eigenvalue weighted by Crippen LogP contribution is -2.45. The molecule has 1 fully saturated rings. The lowest BCUT2D eigenvalue weighted by molar-refractivity contribution is -0.135. The number of primary amides is 1. The van der Waals surface area contributed by atoms with Crippen molar-refractivity contribution in [3.05, 3.63) is 69.6 Å². The fourth-order valence-electron chi connectivity index (χ4n) is 6.08. The van der Waals surface area contributed by atoms with Crippen molar-refractivity contribution >= 4 is 34.8 Å². The van der Waals surface area contributed by atoms with Gasteiger partial charge < -0.3 is 30.0 Å². The molecule has 1 aliphatic rings. The number of ether oxygens (including phenoxy) is 4. The second-order valence-electron chi connectivity index (χ2n) is 14.6. The summed E-state index contributed by atoms with van der Waals surface area (Å²) in [6.07, 6.45) is 2.59. The molecule has 4 N–H and O–H groups in total. The Morgan fingerprint density at radius 1 is 0.982 bits per heavy atom. The van der Waals surface area contributed by atoms with Crippen LogP contribution in [0.1, 0.15) is 95.4 Å². The third-order valence-corrected chi connectivity index (χ3v) is 8.94. The molecule has 14 nitrogen and oxygen atoms in total. The van der Waals surface area contributed by atoms with Crippen molar-refractivity contribution in [1.29, 1.82) is 0 Å². The number of rotatable bonds is 17. The van der Waals surface area contributed by atoms with Crippen LogP contribution in [0.5, 0.6) is 0 Å². The number of aromatic nitrogens is 2. The average Bonchev–Trinajstić information content (AvgIpc) is 3.39. The number of carbonyl (C=O) groups excluding carboxylic acids is 4. The van der Waals surface area contributed by atoms with E-state index >= 15 is 0 Å². The molecule has 3 aromatic rings. The van der Waals surface area contributed by atoms with Crippen LogP contribution in [0.3, 0.4) is 0 Å². The number of imidazole rings is 1. The lowest BCUT2D eigenvalue weighted by atomic mass is 10.1. The van der Waals surface area contributed by atoms with Gasteiger partial charge in [0.05, 0.1) is 35.3 Å². The molecule has 0 radical (unpaired) electrons. The number of amides is 4. The van der Waals surface area contributed by atoms with Gasteiger partial charge in [-0.2, -0.15) is 0 Å². The van der Waals surface area contributed by atoms with E-state index in [1.165, 1.54) is 9.13 Å². The second kappa shape index (κ2) is 21.0. The minimum atomic E-state index is -0.747. The first kappa shape index (κ1) is 43.3. The molecule has 0 aliphatic carbocycles. The van der Waals surface area contributed by atoms with Gasteiger partial charge in [-0.25, -0.2) is 9.59 Å². The molecule has 14 heteroatoms. The standard InChI is InChI=1S/C42H53N5O9/c1-29(33(20-22-36(43)48)44-40(51)56-42(2,3)4)55-28-31-18-16-30(17-19-31)12-10-26-53-24-7-6-8-25-54-27-11-14-32-13-9-15-34-38(32)46(5)41(52)47(34)35-21-23-37(49)45-39(35)50/h9,13,15-19,29,33,35H,6-8,20-28H2,1-5H3,(H2,43,48)(H,44,51)(H,45,49,50)/t29-,33?,35?/m1/s1. The Labute approximate surface area is 327 Å². The lowest BCUT2D eigenvalue weighted by Gasteiger charge is -2.27. The van der Waals surface area contributed by atoms with E-state index in [0.29, 0.717) is 49.4 Å². The predicted molar refractivity (Wildman–Crippen MR) is 210 cm³/mol. The summed E-state index contributed by atoms with van der Waals surface area (Å²) in [5, 5.41) is 5.12. The van der Waals surface area contributed by atoms with Crippen molar-refractivity contribution in [2.45, 2.75) is 103 Å². The van der Waals surface area contributed by atoms with Crippen LogP contribution in [0.2, 0.25) is 0 Å². The van der Waals surface area contributed by atoms with E-state index in [9.17, 15) is 24.0 Å². The Balaban J connectivity index is 1.11. The molecule has 0 bridgehead atoms. The SMILES string of the molecule is C[C@@H](OCc1ccc(C#CCOCCCCCOCC#Cc2cccc3c2n(C)c(=O)n3C2CCC(=O)NC2=O)cc1)C(CCC(N)=O)NC(=O)OC(C)(C)C. The Kier molecular flexibility index (Phi) is 16.3. The minimum Gasteiger partial charge on any atom is -0.444 e. The normalized spacial score (nSPS) is 15.2. The van der Waals surface area contributed by atoms with Gasteiger partial charge in [0.2, 0.25) is 17.7 Å². The Hall–Kier alpha value is -5.41. The van der Waals surface area contributed by atoms with Crippen molar-refractivity contribution in [1.82, 2.24) is 19.8 Å². The maximum atomic E-state index is 13.1. The van der Waals surface area contributed by atoms with E-state index in [4.69, 9.17) is 24.7 Å².